The van der Waals surface area contributed by atoms with Crippen LogP contribution in [0.25, 0.3) is 11.2 Å². The summed E-state index contributed by atoms with van der Waals surface area (Å²) in [6, 6.07) is 10.5. The van der Waals surface area contributed by atoms with Crippen molar-refractivity contribution in [2.45, 2.75) is 30.8 Å². The maximum absolute atomic E-state index is 4.84. The third-order valence-electron chi connectivity index (χ3n) is 4.41. The second kappa shape index (κ2) is 5.72. The molecule has 0 bridgehead atoms. The van der Waals surface area contributed by atoms with Crippen LogP contribution in [0.3, 0.4) is 0 Å². The standard InChI is InChI=1S/C17H20N4S/c1-5-17(2,12-9-7-6-8-10-12)15-19-14-13(21(15)3)11-18-16(20-14)22-4/h6-11H,5H2,1-4H3. The van der Waals surface area contributed by atoms with Crippen LogP contribution in [0.4, 0.5) is 0 Å². The molecule has 2 heterocycles. The topological polar surface area (TPSA) is 43.6 Å². The van der Waals surface area contributed by atoms with Crippen molar-refractivity contribution in [2.75, 3.05) is 6.26 Å². The number of fused-ring (bicyclic) bond motifs is 1. The molecule has 0 fully saturated rings. The summed E-state index contributed by atoms with van der Waals surface area (Å²) in [5.74, 6) is 1.03. The van der Waals surface area contributed by atoms with Gasteiger partial charge in [-0.05, 0) is 25.2 Å². The van der Waals surface area contributed by atoms with Crippen LogP contribution in [0.2, 0.25) is 0 Å². The normalized spacial score (nSPS) is 14.2. The van der Waals surface area contributed by atoms with E-state index in [2.05, 4.69) is 52.6 Å². The molecule has 3 rings (SSSR count). The number of hydrogen-bond donors (Lipinski definition) is 0. The van der Waals surface area contributed by atoms with E-state index in [4.69, 9.17) is 4.98 Å². The van der Waals surface area contributed by atoms with Crippen LogP contribution in [0.15, 0.2) is 41.7 Å². The fraction of sp³-hybridized carbons (Fsp3) is 0.353. The van der Waals surface area contributed by atoms with E-state index in [-0.39, 0.29) is 5.41 Å². The number of hydrogen-bond acceptors (Lipinski definition) is 4. The summed E-state index contributed by atoms with van der Waals surface area (Å²) in [4.78, 5) is 13.7. The largest absolute Gasteiger partial charge is 0.328 e. The monoisotopic (exact) mass is 312 g/mol. The Bertz CT molecular complexity index is 797. The Hall–Kier alpha value is -1.88. The van der Waals surface area contributed by atoms with Crippen molar-refractivity contribution in [3.63, 3.8) is 0 Å². The van der Waals surface area contributed by atoms with E-state index in [1.54, 1.807) is 0 Å². The van der Waals surface area contributed by atoms with Gasteiger partial charge < -0.3 is 4.57 Å². The minimum Gasteiger partial charge on any atom is -0.328 e. The van der Waals surface area contributed by atoms with Crippen LogP contribution >= 0.6 is 11.8 Å². The van der Waals surface area contributed by atoms with Gasteiger partial charge in [0, 0.05) is 7.05 Å². The van der Waals surface area contributed by atoms with E-state index in [0.717, 1.165) is 28.6 Å². The molecule has 0 N–H and O–H groups in total. The van der Waals surface area contributed by atoms with Crippen molar-refractivity contribution >= 4 is 22.9 Å². The number of rotatable bonds is 4. The first-order valence-electron chi connectivity index (χ1n) is 7.39. The molecular formula is C17H20N4S. The number of aromatic nitrogens is 4. The van der Waals surface area contributed by atoms with Gasteiger partial charge in [-0.2, -0.15) is 0 Å². The molecule has 1 aromatic carbocycles. The molecule has 114 valence electrons. The summed E-state index contributed by atoms with van der Waals surface area (Å²) in [5.41, 5.74) is 2.88. The molecule has 1 atom stereocenters. The molecule has 0 saturated carbocycles. The van der Waals surface area contributed by atoms with Crippen LogP contribution < -0.4 is 0 Å². The Morgan fingerprint density at radius 1 is 1.18 bits per heavy atom. The molecule has 0 spiro atoms. The van der Waals surface area contributed by atoms with Crippen LogP contribution in [0, 0.1) is 0 Å². The van der Waals surface area contributed by atoms with Crippen molar-refractivity contribution in [1.29, 1.82) is 0 Å². The van der Waals surface area contributed by atoms with Crippen molar-refractivity contribution in [3.05, 3.63) is 47.9 Å². The second-order valence-corrected chi connectivity index (χ2v) is 6.39. The molecule has 5 heteroatoms. The molecule has 0 radical (unpaired) electrons. The first kappa shape index (κ1) is 15.0. The third kappa shape index (κ3) is 2.29. The lowest BCUT2D eigenvalue weighted by Gasteiger charge is -2.28. The number of nitrogens with zero attached hydrogens (tertiary/aromatic N) is 4. The molecule has 0 aliphatic heterocycles. The molecule has 0 amide bonds. The molecule has 4 nitrogen and oxygen atoms in total. The summed E-state index contributed by atoms with van der Waals surface area (Å²) in [6.07, 6.45) is 4.81. The van der Waals surface area contributed by atoms with E-state index in [9.17, 15) is 0 Å². The third-order valence-corrected chi connectivity index (χ3v) is 4.97. The van der Waals surface area contributed by atoms with Crippen LogP contribution in [-0.2, 0) is 12.5 Å². The fourth-order valence-corrected chi connectivity index (χ4v) is 3.18. The van der Waals surface area contributed by atoms with Gasteiger partial charge in [-0.3, -0.25) is 0 Å². The van der Waals surface area contributed by atoms with Gasteiger partial charge in [0.05, 0.1) is 11.6 Å². The second-order valence-electron chi connectivity index (χ2n) is 5.61. The number of thioether (sulfide) groups is 1. The lowest BCUT2D eigenvalue weighted by Crippen LogP contribution is -2.26. The summed E-state index contributed by atoms with van der Waals surface area (Å²) < 4.78 is 2.12. The predicted octanol–water partition coefficient (Wildman–Crippen LogP) is 3.80. The fourth-order valence-electron chi connectivity index (χ4n) is 2.85. The highest BCUT2D eigenvalue weighted by Crippen LogP contribution is 2.35. The highest BCUT2D eigenvalue weighted by Gasteiger charge is 2.32. The quantitative estimate of drug-likeness (QED) is 0.543. The van der Waals surface area contributed by atoms with E-state index >= 15 is 0 Å². The first-order chi connectivity index (χ1) is 10.6. The van der Waals surface area contributed by atoms with Crippen LogP contribution in [0.5, 0.6) is 0 Å². The lowest BCUT2D eigenvalue weighted by atomic mass is 9.79. The van der Waals surface area contributed by atoms with E-state index in [0.29, 0.717) is 0 Å². The predicted molar refractivity (Wildman–Crippen MR) is 91.3 cm³/mol. The van der Waals surface area contributed by atoms with E-state index < -0.39 is 0 Å². The first-order valence-corrected chi connectivity index (χ1v) is 8.62. The number of imidazole rings is 1. The van der Waals surface area contributed by atoms with Gasteiger partial charge in [-0.25, -0.2) is 15.0 Å². The van der Waals surface area contributed by atoms with Gasteiger partial charge in [-0.1, -0.05) is 49.0 Å². The summed E-state index contributed by atoms with van der Waals surface area (Å²) in [6.45, 7) is 4.44. The summed E-state index contributed by atoms with van der Waals surface area (Å²) in [5, 5.41) is 0.759. The van der Waals surface area contributed by atoms with Gasteiger partial charge in [0.25, 0.3) is 0 Å². The van der Waals surface area contributed by atoms with E-state index in [1.807, 2.05) is 25.6 Å². The van der Waals surface area contributed by atoms with Crippen LogP contribution in [-0.4, -0.2) is 25.8 Å². The molecule has 2 aromatic heterocycles. The Balaban J connectivity index is 2.21. The zero-order chi connectivity index (χ0) is 15.7. The molecule has 3 aromatic rings. The number of benzene rings is 1. The van der Waals surface area contributed by atoms with Crippen molar-refractivity contribution in [3.8, 4) is 0 Å². The van der Waals surface area contributed by atoms with Crippen molar-refractivity contribution in [1.82, 2.24) is 19.5 Å². The maximum Gasteiger partial charge on any atom is 0.189 e. The zero-order valence-corrected chi connectivity index (χ0v) is 14.2. The average Bonchev–Trinajstić information content (AvgIpc) is 2.91. The SMILES string of the molecule is CCC(C)(c1ccccc1)c1nc2nc(SC)ncc2n1C. The van der Waals surface area contributed by atoms with Crippen molar-refractivity contribution in [2.24, 2.45) is 7.05 Å². The van der Waals surface area contributed by atoms with Gasteiger partial charge in [0.1, 0.15) is 11.3 Å². The molecule has 0 aliphatic carbocycles. The Labute approximate surface area is 135 Å². The molecule has 1 unspecified atom stereocenters. The Kier molecular flexibility index (Phi) is 3.91. The summed E-state index contributed by atoms with van der Waals surface area (Å²) in [7, 11) is 2.05. The van der Waals surface area contributed by atoms with Crippen molar-refractivity contribution < 1.29 is 0 Å². The minimum atomic E-state index is -0.143. The molecule has 0 aliphatic rings. The molecule has 0 saturated heterocycles. The maximum atomic E-state index is 4.84. The lowest BCUT2D eigenvalue weighted by molar-refractivity contribution is 0.498. The zero-order valence-electron chi connectivity index (χ0n) is 13.4. The van der Waals surface area contributed by atoms with Gasteiger partial charge in [-0.15, -0.1) is 0 Å². The summed E-state index contributed by atoms with van der Waals surface area (Å²) >= 11 is 1.54. The van der Waals surface area contributed by atoms with E-state index in [1.165, 1.54) is 17.3 Å². The number of aryl methyl sites for hydroxylation is 1. The Morgan fingerprint density at radius 2 is 1.91 bits per heavy atom. The molecular weight excluding hydrogens is 292 g/mol. The Morgan fingerprint density at radius 3 is 2.55 bits per heavy atom. The van der Waals surface area contributed by atoms with Gasteiger partial charge >= 0.3 is 0 Å². The highest BCUT2D eigenvalue weighted by atomic mass is 32.2. The molecule has 22 heavy (non-hydrogen) atoms. The smallest absolute Gasteiger partial charge is 0.189 e. The minimum absolute atomic E-state index is 0.143. The average molecular weight is 312 g/mol. The highest BCUT2D eigenvalue weighted by molar-refractivity contribution is 7.98. The van der Waals surface area contributed by atoms with Gasteiger partial charge in [0.2, 0.25) is 0 Å². The van der Waals surface area contributed by atoms with Gasteiger partial charge in [0.15, 0.2) is 10.8 Å². The van der Waals surface area contributed by atoms with Crippen LogP contribution in [0.1, 0.15) is 31.7 Å².